The predicted octanol–water partition coefficient (Wildman–Crippen LogP) is 2.85. The van der Waals surface area contributed by atoms with Crippen molar-refractivity contribution >= 4 is 0 Å². The second kappa shape index (κ2) is 5.70. The highest BCUT2D eigenvalue weighted by Gasteiger charge is 2.43. The van der Waals surface area contributed by atoms with Crippen molar-refractivity contribution in [1.29, 1.82) is 0 Å². The van der Waals surface area contributed by atoms with E-state index in [1.54, 1.807) is 0 Å². The summed E-state index contributed by atoms with van der Waals surface area (Å²) in [5, 5.41) is 0. The van der Waals surface area contributed by atoms with Gasteiger partial charge in [0, 0.05) is 17.2 Å². The molecule has 0 aromatic carbocycles. The van der Waals surface area contributed by atoms with Gasteiger partial charge in [0.15, 0.2) is 0 Å². The maximum absolute atomic E-state index is 5.73. The average molecular weight is 248 g/mol. The van der Waals surface area contributed by atoms with E-state index in [4.69, 9.17) is 4.74 Å². The SMILES string of the molecule is CC.CCN1CCC2(CC1)COc1ncccc12. The van der Waals surface area contributed by atoms with Crippen LogP contribution in [0.1, 0.15) is 39.2 Å². The smallest absolute Gasteiger partial charge is 0.217 e. The van der Waals surface area contributed by atoms with Crippen LogP contribution in [-0.4, -0.2) is 36.1 Å². The normalized spacial score (nSPS) is 20.8. The molecule has 0 radical (unpaired) electrons. The van der Waals surface area contributed by atoms with Crippen molar-refractivity contribution in [2.75, 3.05) is 26.2 Å². The summed E-state index contributed by atoms with van der Waals surface area (Å²) >= 11 is 0. The lowest BCUT2D eigenvalue weighted by atomic mass is 9.75. The van der Waals surface area contributed by atoms with Crippen molar-refractivity contribution in [3.05, 3.63) is 23.9 Å². The van der Waals surface area contributed by atoms with E-state index in [2.05, 4.69) is 22.9 Å². The third kappa shape index (κ3) is 2.24. The van der Waals surface area contributed by atoms with Crippen molar-refractivity contribution in [2.24, 2.45) is 0 Å². The molecule has 3 nitrogen and oxygen atoms in total. The van der Waals surface area contributed by atoms with Gasteiger partial charge in [0.05, 0.1) is 6.61 Å². The van der Waals surface area contributed by atoms with Gasteiger partial charge in [0.1, 0.15) is 0 Å². The Kier molecular flexibility index (Phi) is 4.23. The second-order valence-electron chi connectivity index (χ2n) is 4.86. The molecular formula is C15H24N2O. The summed E-state index contributed by atoms with van der Waals surface area (Å²) in [7, 11) is 0. The van der Waals surface area contributed by atoms with Crippen molar-refractivity contribution in [3.63, 3.8) is 0 Å². The summed E-state index contributed by atoms with van der Waals surface area (Å²) in [4.78, 5) is 6.83. The molecule has 1 aromatic heterocycles. The van der Waals surface area contributed by atoms with Crippen LogP contribution in [0.2, 0.25) is 0 Å². The molecule has 0 aliphatic carbocycles. The van der Waals surface area contributed by atoms with E-state index >= 15 is 0 Å². The van der Waals surface area contributed by atoms with Gasteiger partial charge in [-0.15, -0.1) is 0 Å². The molecule has 0 atom stereocenters. The van der Waals surface area contributed by atoms with E-state index in [0.29, 0.717) is 0 Å². The number of aromatic nitrogens is 1. The zero-order chi connectivity index (χ0) is 13.0. The largest absolute Gasteiger partial charge is 0.476 e. The number of fused-ring (bicyclic) bond motifs is 2. The molecule has 0 unspecified atom stereocenters. The van der Waals surface area contributed by atoms with E-state index in [9.17, 15) is 0 Å². The van der Waals surface area contributed by atoms with Gasteiger partial charge in [-0.1, -0.05) is 26.8 Å². The molecule has 2 aliphatic heterocycles. The van der Waals surface area contributed by atoms with E-state index < -0.39 is 0 Å². The zero-order valence-electron chi connectivity index (χ0n) is 11.8. The van der Waals surface area contributed by atoms with Gasteiger partial charge >= 0.3 is 0 Å². The lowest BCUT2D eigenvalue weighted by Gasteiger charge is -2.37. The Labute approximate surface area is 110 Å². The van der Waals surface area contributed by atoms with Crippen LogP contribution in [0.15, 0.2) is 18.3 Å². The van der Waals surface area contributed by atoms with Gasteiger partial charge in [-0.3, -0.25) is 0 Å². The fourth-order valence-electron chi connectivity index (χ4n) is 2.90. The van der Waals surface area contributed by atoms with Crippen LogP contribution in [0.4, 0.5) is 0 Å². The third-order valence-electron chi connectivity index (χ3n) is 4.09. The first-order valence-corrected chi connectivity index (χ1v) is 7.15. The van der Waals surface area contributed by atoms with E-state index in [1.165, 1.54) is 31.5 Å². The fourth-order valence-corrected chi connectivity index (χ4v) is 2.90. The maximum Gasteiger partial charge on any atom is 0.217 e. The molecule has 0 N–H and O–H groups in total. The molecule has 18 heavy (non-hydrogen) atoms. The molecular weight excluding hydrogens is 224 g/mol. The Morgan fingerprint density at radius 1 is 1.33 bits per heavy atom. The van der Waals surface area contributed by atoms with E-state index in [0.717, 1.165) is 19.0 Å². The Morgan fingerprint density at radius 2 is 2.06 bits per heavy atom. The molecule has 0 saturated carbocycles. The molecule has 3 heterocycles. The standard InChI is InChI=1S/C13H18N2O.C2H6/c1-2-15-8-5-13(6-9-15)10-16-12-11(13)4-3-7-14-12;1-2/h3-4,7H,2,5-6,8-10H2,1H3;1-2H3. The number of piperidine rings is 1. The molecule has 1 spiro atoms. The summed E-state index contributed by atoms with van der Waals surface area (Å²) in [5.74, 6) is 0.868. The molecule has 2 aliphatic rings. The van der Waals surface area contributed by atoms with Crippen LogP contribution < -0.4 is 4.74 Å². The Morgan fingerprint density at radius 3 is 2.72 bits per heavy atom. The van der Waals surface area contributed by atoms with E-state index in [-0.39, 0.29) is 5.41 Å². The first-order chi connectivity index (χ1) is 8.84. The number of hydrogen-bond donors (Lipinski definition) is 0. The molecule has 1 saturated heterocycles. The van der Waals surface area contributed by atoms with Crippen molar-refractivity contribution in [3.8, 4) is 5.88 Å². The summed E-state index contributed by atoms with van der Waals surface area (Å²) in [6, 6.07) is 4.22. The highest BCUT2D eigenvalue weighted by atomic mass is 16.5. The highest BCUT2D eigenvalue weighted by molar-refractivity contribution is 5.38. The number of ether oxygens (including phenoxy) is 1. The monoisotopic (exact) mass is 248 g/mol. The summed E-state index contributed by atoms with van der Waals surface area (Å²) in [6.45, 7) is 10.6. The van der Waals surface area contributed by atoms with Crippen molar-refractivity contribution < 1.29 is 4.74 Å². The van der Waals surface area contributed by atoms with Crippen LogP contribution in [0, 0.1) is 0 Å². The number of rotatable bonds is 1. The molecule has 0 bridgehead atoms. The molecule has 1 aromatic rings. The minimum Gasteiger partial charge on any atom is -0.476 e. The Hall–Kier alpha value is -1.09. The van der Waals surface area contributed by atoms with Gasteiger partial charge in [0.2, 0.25) is 5.88 Å². The van der Waals surface area contributed by atoms with Crippen LogP contribution in [0.3, 0.4) is 0 Å². The molecule has 3 heteroatoms. The number of hydrogen-bond acceptors (Lipinski definition) is 3. The first-order valence-electron chi connectivity index (χ1n) is 7.15. The van der Waals surface area contributed by atoms with Crippen molar-refractivity contribution in [1.82, 2.24) is 9.88 Å². The minimum absolute atomic E-state index is 0.259. The van der Waals surface area contributed by atoms with Gasteiger partial charge in [0.25, 0.3) is 0 Å². The van der Waals surface area contributed by atoms with Gasteiger partial charge in [-0.05, 0) is 38.5 Å². The van der Waals surface area contributed by atoms with Crippen molar-refractivity contribution in [2.45, 2.75) is 39.0 Å². The van der Waals surface area contributed by atoms with Crippen LogP contribution in [0.25, 0.3) is 0 Å². The molecule has 1 fully saturated rings. The van der Waals surface area contributed by atoms with Crippen LogP contribution in [0.5, 0.6) is 5.88 Å². The number of pyridine rings is 1. The summed E-state index contributed by atoms with van der Waals surface area (Å²) in [5.41, 5.74) is 1.60. The summed E-state index contributed by atoms with van der Waals surface area (Å²) < 4.78 is 5.73. The lowest BCUT2D eigenvalue weighted by molar-refractivity contribution is 0.139. The lowest BCUT2D eigenvalue weighted by Crippen LogP contribution is -2.43. The van der Waals surface area contributed by atoms with Gasteiger partial charge < -0.3 is 9.64 Å². The van der Waals surface area contributed by atoms with Gasteiger partial charge in [-0.25, -0.2) is 4.98 Å². The van der Waals surface area contributed by atoms with Gasteiger partial charge in [-0.2, -0.15) is 0 Å². The number of nitrogens with zero attached hydrogens (tertiary/aromatic N) is 2. The zero-order valence-corrected chi connectivity index (χ0v) is 11.8. The van der Waals surface area contributed by atoms with Crippen LogP contribution in [-0.2, 0) is 5.41 Å². The number of likely N-dealkylation sites (tertiary alicyclic amines) is 1. The highest BCUT2D eigenvalue weighted by Crippen LogP contribution is 2.44. The minimum atomic E-state index is 0.259. The van der Waals surface area contributed by atoms with Crippen LogP contribution >= 0.6 is 0 Å². The molecule has 0 amide bonds. The maximum atomic E-state index is 5.73. The first kappa shape index (κ1) is 13.3. The topological polar surface area (TPSA) is 25.4 Å². The third-order valence-corrected chi connectivity index (χ3v) is 4.09. The Bertz CT molecular complexity index is 384. The quantitative estimate of drug-likeness (QED) is 0.764. The average Bonchev–Trinajstić information content (AvgIpc) is 2.82. The molecule has 3 rings (SSSR count). The Balaban J connectivity index is 0.000000574. The van der Waals surface area contributed by atoms with E-state index in [1.807, 2.05) is 26.1 Å². The second-order valence-corrected chi connectivity index (χ2v) is 4.86. The summed E-state index contributed by atoms with van der Waals surface area (Å²) in [6.07, 6.45) is 4.23. The molecule has 100 valence electrons. The predicted molar refractivity (Wildman–Crippen MR) is 74.1 cm³/mol. The fraction of sp³-hybridized carbons (Fsp3) is 0.667.